The van der Waals surface area contributed by atoms with E-state index in [4.69, 9.17) is 0 Å². The number of sulfone groups is 1. The summed E-state index contributed by atoms with van der Waals surface area (Å²) in [4.78, 5) is 23.8. The van der Waals surface area contributed by atoms with Gasteiger partial charge in [-0.15, -0.1) is 0 Å². The van der Waals surface area contributed by atoms with Gasteiger partial charge in [0.15, 0.2) is 9.84 Å². The lowest BCUT2D eigenvalue weighted by atomic mass is 10.1. The number of rotatable bonds is 4. The molecule has 0 radical (unpaired) electrons. The van der Waals surface area contributed by atoms with E-state index in [0.29, 0.717) is 13.0 Å². The largest absolute Gasteiger partial charge is 0.354 e. The lowest BCUT2D eigenvalue weighted by Crippen LogP contribution is -2.47. The molecule has 6 nitrogen and oxygen atoms in total. The van der Waals surface area contributed by atoms with E-state index in [1.54, 1.807) is 12.1 Å². The molecule has 0 aliphatic carbocycles. The summed E-state index contributed by atoms with van der Waals surface area (Å²) in [6.07, 6.45) is 2.20. The summed E-state index contributed by atoms with van der Waals surface area (Å²) in [7, 11) is -3.70. The molecule has 0 bridgehead atoms. The molecule has 0 spiro atoms. The summed E-state index contributed by atoms with van der Waals surface area (Å²) < 4.78 is 24.4. The van der Waals surface area contributed by atoms with Crippen molar-refractivity contribution in [2.75, 3.05) is 12.3 Å². The van der Waals surface area contributed by atoms with E-state index in [-0.39, 0.29) is 10.8 Å². The van der Waals surface area contributed by atoms with E-state index in [0.717, 1.165) is 18.4 Å². The van der Waals surface area contributed by atoms with E-state index in [9.17, 15) is 18.0 Å². The normalized spacial score (nSPS) is 19.1. The predicted molar refractivity (Wildman–Crippen MR) is 82.0 cm³/mol. The van der Waals surface area contributed by atoms with Crippen LogP contribution in [0, 0.1) is 6.92 Å². The average Bonchev–Trinajstić information content (AvgIpc) is 2.64. The van der Waals surface area contributed by atoms with Crippen LogP contribution in [0.3, 0.4) is 0 Å². The van der Waals surface area contributed by atoms with E-state index < -0.39 is 27.5 Å². The molecule has 1 aromatic rings. The lowest BCUT2D eigenvalue weighted by Gasteiger charge is -2.15. The van der Waals surface area contributed by atoms with Gasteiger partial charge in [-0.05, 0) is 38.3 Å². The minimum absolute atomic E-state index is 0.110. The van der Waals surface area contributed by atoms with Gasteiger partial charge in [0.05, 0.1) is 4.90 Å². The molecule has 22 heavy (non-hydrogen) atoms. The molecule has 1 aliphatic rings. The molecule has 1 atom stereocenters. The standard InChI is InChI=1S/C15H20N2O4S/c1-11-5-7-12(8-6-11)22(20,21)10-14(18)17-13-4-2-3-9-16-15(13)19/h5-8,13H,2-4,9-10H2,1H3,(H,16,19)(H,17,18)/t13-/m0/s1. The van der Waals surface area contributed by atoms with Crippen LogP contribution in [-0.2, 0) is 19.4 Å². The van der Waals surface area contributed by atoms with E-state index in [2.05, 4.69) is 10.6 Å². The minimum atomic E-state index is -3.70. The maximum atomic E-state index is 12.2. The third-order valence-electron chi connectivity index (χ3n) is 3.57. The van der Waals surface area contributed by atoms with Gasteiger partial charge in [0, 0.05) is 6.54 Å². The van der Waals surface area contributed by atoms with Crippen molar-refractivity contribution in [2.45, 2.75) is 37.1 Å². The van der Waals surface area contributed by atoms with Crippen LogP contribution in [-0.4, -0.2) is 38.6 Å². The van der Waals surface area contributed by atoms with Crippen molar-refractivity contribution in [1.29, 1.82) is 0 Å². The predicted octanol–water partition coefficient (Wildman–Crippen LogP) is 0.554. The molecule has 2 N–H and O–H groups in total. The van der Waals surface area contributed by atoms with E-state index in [1.807, 2.05) is 6.92 Å². The maximum Gasteiger partial charge on any atom is 0.242 e. The molecule has 0 saturated carbocycles. The number of hydrogen-bond donors (Lipinski definition) is 2. The Balaban J connectivity index is 2.01. The molecular weight excluding hydrogens is 304 g/mol. The Hall–Kier alpha value is -1.89. The SMILES string of the molecule is Cc1ccc(S(=O)(=O)CC(=O)N[C@H]2CCCCNC2=O)cc1. The van der Waals surface area contributed by atoms with Crippen molar-refractivity contribution < 1.29 is 18.0 Å². The van der Waals surface area contributed by atoms with Gasteiger partial charge in [0.2, 0.25) is 11.8 Å². The van der Waals surface area contributed by atoms with Crippen LogP contribution in [0.4, 0.5) is 0 Å². The first-order chi connectivity index (χ1) is 10.4. The van der Waals surface area contributed by atoms with Crippen molar-refractivity contribution in [1.82, 2.24) is 10.6 Å². The zero-order valence-corrected chi connectivity index (χ0v) is 13.3. The van der Waals surface area contributed by atoms with Crippen LogP contribution < -0.4 is 10.6 Å². The summed E-state index contributed by atoms with van der Waals surface area (Å²) in [5.74, 6) is -1.55. The molecule has 7 heteroatoms. The highest BCUT2D eigenvalue weighted by molar-refractivity contribution is 7.92. The zero-order valence-electron chi connectivity index (χ0n) is 12.5. The van der Waals surface area contributed by atoms with Crippen molar-refractivity contribution in [2.24, 2.45) is 0 Å². The second-order valence-electron chi connectivity index (χ2n) is 5.48. The molecule has 0 unspecified atom stereocenters. The van der Waals surface area contributed by atoms with Crippen molar-refractivity contribution in [3.8, 4) is 0 Å². The first-order valence-electron chi connectivity index (χ1n) is 7.25. The van der Waals surface area contributed by atoms with Gasteiger partial charge in [-0.25, -0.2) is 8.42 Å². The Labute approximate surface area is 130 Å². The zero-order chi connectivity index (χ0) is 16.2. The Morgan fingerprint density at radius 1 is 1.27 bits per heavy atom. The Bertz CT molecular complexity index is 653. The molecule has 1 aromatic carbocycles. The molecular formula is C15H20N2O4S. The fourth-order valence-corrected chi connectivity index (χ4v) is 3.46. The van der Waals surface area contributed by atoms with Gasteiger partial charge >= 0.3 is 0 Å². The molecule has 0 aromatic heterocycles. The van der Waals surface area contributed by atoms with Crippen molar-refractivity contribution >= 4 is 21.7 Å². The summed E-state index contributed by atoms with van der Waals surface area (Å²) in [5.41, 5.74) is 0.943. The smallest absolute Gasteiger partial charge is 0.242 e. The second kappa shape index (κ2) is 6.91. The molecule has 120 valence electrons. The third-order valence-corrected chi connectivity index (χ3v) is 5.20. The first kappa shape index (κ1) is 16.5. The lowest BCUT2D eigenvalue weighted by molar-refractivity contribution is -0.127. The van der Waals surface area contributed by atoms with Gasteiger partial charge in [0.25, 0.3) is 0 Å². The average molecular weight is 324 g/mol. The van der Waals surface area contributed by atoms with Crippen LogP contribution in [0.2, 0.25) is 0 Å². The fourth-order valence-electron chi connectivity index (χ4n) is 2.31. The van der Waals surface area contributed by atoms with Gasteiger partial charge in [-0.1, -0.05) is 17.7 Å². The Morgan fingerprint density at radius 2 is 1.95 bits per heavy atom. The Morgan fingerprint density at radius 3 is 2.64 bits per heavy atom. The van der Waals surface area contributed by atoms with Gasteiger partial charge < -0.3 is 10.6 Å². The number of aryl methyl sites for hydroxylation is 1. The summed E-state index contributed by atoms with van der Waals surface area (Å²) in [6, 6.07) is 5.68. The molecule has 2 rings (SSSR count). The molecule has 2 amide bonds. The summed E-state index contributed by atoms with van der Waals surface area (Å²) in [5, 5.41) is 5.21. The van der Waals surface area contributed by atoms with Crippen LogP contribution >= 0.6 is 0 Å². The summed E-state index contributed by atoms with van der Waals surface area (Å²) in [6.45, 7) is 2.45. The number of nitrogens with one attached hydrogen (secondary N) is 2. The Kier molecular flexibility index (Phi) is 5.18. The maximum absolute atomic E-state index is 12.2. The van der Waals surface area contributed by atoms with E-state index in [1.165, 1.54) is 12.1 Å². The number of amides is 2. The van der Waals surface area contributed by atoms with Gasteiger partial charge in [-0.2, -0.15) is 0 Å². The van der Waals surface area contributed by atoms with E-state index >= 15 is 0 Å². The van der Waals surface area contributed by atoms with Crippen molar-refractivity contribution in [3.63, 3.8) is 0 Å². The topological polar surface area (TPSA) is 92.3 Å². The highest BCUT2D eigenvalue weighted by atomic mass is 32.2. The third kappa shape index (κ3) is 4.30. The molecule has 1 heterocycles. The quantitative estimate of drug-likeness (QED) is 0.846. The minimum Gasteiger partial charge on any atom is -0.354 e. The molecule has 1 saturated heterocycles. The van der Waals surface area contributed by atoms with Crippen LogP contribution in [0.15, 0.2) is 29.2 Å². The number of carbonyl (C=O) groups is 2. The fraction of sp³-hybridized carbons (Fsp3) is 0.467. The highest BCUT2D eigenvalue weighted by Gasteiger charge is 2.25. The highest BCUT2D eigenvalue weighted by Crippen LogP contribution is 2.12. The molecule has 1 fully saturated rings. The van der Waals surface area contributed by atoms with Crippen LogP contribution in [0.5, 0.6) is 0 Å². The first-order valence-corrected chi connectivity index (χ1v) is 8.90. The monoisotopic (exact) mass is 324 g/mol. The number of hydrogen-bond acceptors (Lipinski definition) is 4. The number of benzene rings is 1. The summed E-state index contributed by atoms with van der Waals surface area (Å²) >= 11 is 0. The van der Waals surface area contributed by atoms with Gasteiger partial charge in [-0.3, -0.25) is 9.59 Å². The number of carbonyl (C=O) groups excluding carboxylic acids is 2. The van der Waals surface area contributed by atoms with Crippen LogP contribution in [0.25, 0.3) is 0 Å². The van der Waals surface area contributed by atoms with Gasteiger partial charge in [0.1, 0.15) is 11.8 Å². The second-order valence-corrected chi connectivity index (χ2v) is 7.47. The van der Waals surface area contributed by atoms with Crippen LogP contribution in [0.1, 0.15) is 24.8 Å². The molecule has 1 aliphatic heterocycles. The van der Waals surface area contributed by atoms with Crippen molar-refractivity contribution in [3.05, 3.63) is 29.8 Å².